The van der Waals surface area contributed by atoms with E-state index in [1.54, 1.807) is 6.92 Å². The second-order valence-electron chi connectivity index (χ2n) is 5.26. The first kappa shape index (κ1) is 14.0. The molecule has 0 aromatic heterocycles. The van der Waals surface area contributed by atoms with Crippen LogP contribution in [0.3, 0.4) is 0 Å². The lowest BCUT2D eigenvalue weighted by Gasteiger charge is -2.29. The number of nitrogens with one attached hydrogen (secondary N) is 1. The topological polar surface area (TPSA) is 58.6 Å². The lowest BCUT2D eigenvalue weighted by atomic mass is 9.88. The lowest BCUT2D eigenvalue weighted by molar-refractivity contribution is -0.144. The molecule has 2 atom stereocenters. The second-order valence-corrected chi connectivity index (χ2v) is 5.26. The van der Waals surface area contributed by atoms with E-state index in [4.69, 9.17) is 4.74 Å². The summed E-state index contributed by atoms with van der Waals surface area (Å²) in [5.41, 5.74) is 0.713. The number of aliphatic carboxylic acids is 1. The zero-order valence-electron chi connectivity index (χ0n) is 11.5. The first-order chi connectivity index (χ1) is 9.04. The van der Waals surface area contributed by atoms with E-state index in [0.29, 0.717) is 6.54 Å². The van der Waals surface area contributed by atoms with Crippen LogP contribution in [0.1, 0.15) is 30.9 Å². The highest BCUT2D eigenvalue weighted by Crippen LogP contribution is 2.25. The molecule has 1 saturated heterocycles. The van der Waals surface area contributed by atoms with Crippen molar-refractivity contribution >= 4 is 5.97 Å². The van der Waals surface area contributed by atoms with Gasteiger partial charge in [-0.05, 0) is 37.8 Å². The smallest absolute Gasteiger partial charge is 0.328 e. The first-order valence-corrected chi connectivity index (χ1v) is 6.70. The highest BCUT2D eigenvalue weighted by atomic mass is 16.5. The molecule has 0 spiro atoms. The lowest BCUT2D eigenvalue weighted by Crippen LogP contribution is -2.49. The average Bonchev–Trinajstić information content (AvgIpc) is 2.89. The molecule has 1 heterocycles. The predicted octanol–water partition coefficient (Wildman–Crippen LogP) is 2.06. The van der Waals surface area contributed by atoms with Gasteiger partial charge in [0, 0.05) is 13.2 Å². The van der Waals surface area contributed by atoms with E-state index in [-0.39, 0.29) is 6.10 Å². The van der Waals surface area contributed by atoms with E-state index in [1.807, 2.05) is 31.2 Å². The number of carboxylic acid groups (broad SMARTS) is 1. The Labute approximate surface area is 113 Å². The van der Waals surface area contributed by atoms with Crippen LogP contribution in [0, 0.1) is 6.92 Å². The number of ether oxygens (including phenoxy) is 1. The van der Waals surface area contributed by atoms with Crippen LogP contribution in [-0.4, -0.2) is 30.3 Å². The van der Waals surface area contributed by atoms with Gasteiger partial charge in [0.05, 0.1) is 6.10 Å². The number of benzene rings is 1. The summed E-state index contributed by atoms with van der Waals surface area (Å²) in [5, 5.41) is 12.8. The SMILES string of the molecule is Cc1ccccc1C(C)(NCC1CCCO1)C(=O)O. The molecule has 0 amide bonds. The van der Waals surface area contributed by atoms with E-state index in [2.05, 4.69) is 5.32 Å². The molecular formula is C15H21NO3. The summed E-state index contributed by atoms with van der Waals surface area (Å²) >= 11 is 0. The van der Waals surface area contributed by atoms with E-state index in [1.165, 1.54) is 0 Å². The molecular weight excluding hydrogens is 242 g/mol. The van der Waals surface area contributed by atoms with Gasteiger partial charge >= 0.3 is 5.97 Å². The molecule has 4 nitrogen and oxygen atoms in total. The molecule has 4 heteroatoms. The van der Waals surface area contributed by atoms with Crippen molar-refractivity contribution in [3.8, 4) is 0 Å². The van der Waals surface area contributed by atoms with E-state index in [0.717, 1.165) is 30.6 Å². The third-order valence-electron chi connectivity index (χ3n) is 3.82. The maximum Gasteiger partial charge on any atom is 0.328 e. The number of rotatable bonds is 5. The standard InChI is InChI=1S/C15H21NO3/c1-11-6-3-4-8-13(11)15(2,14(17)18)16-10-12-7-5-9-19-12/h3-4,6,8,12,16H,5,7,9-10H2,1-2H3,(H,17,18). The summed E-state index contributed by atoms with van der Waals surface area (Å²) in [6.07, 6.45) is 2.18. The zero-order valence-corrected chi connectivity index (χ0v) is 11.5. The monoisotopic (exact) mass is 263 g/mol. The summed E-state index contributed by atoms with van der Waals surface area (Å²) in [5.74, 6) is -0.861. The van der Waals surface area contributed by atoms with Crippen LogP contribution in [0.25, 0.3) is 0 Å². The van der Waals surface area contributed by atoms with Crippen molar-refractivity contribution in [2.75, 3.05) is 13.2 Å². The Kier molecular flexibility index (Phi) is 4.22. The van der Waals surface area contributed by atoms with Crippen molar-refractivity contribution in [1.82, 2.24) is 5.32 Å². The molecule has 2 N–H and O–H groups in total. The molecule has 0 saturated carbocycles. The normalized spacial score (nSPS) is 22.1. The molecule has 1 aromatic carbocycles. The van der Waals surface area contributed by atoms with Crippen LogP contribution in [0.5, 0.6) is 0 Å². The van der Waals surface area contributed by atoms with Gasteiger partial charge in [-0.1, -0.05) is 24.3 Å². The number of hydrogen-bond donors (Lipinski definition) is 2. The van der Waals surface area contributed by atoms with Crippen molar-refractivity contribution in [3.05, 3.63) is 35.4 Å². The molecule has 19 heavy (non-hydrogen) atoms. The highest BCUT2D eigenvalue weighted by Gasteiger charge is 2.36. The third kappa shape index (κ3) is 2.96. The van der Waals surface area contributed by atoms with Gasteiger partial charge in [-0.15, -0.1) is 0 Å². The Morgan fingerprint density at radius 3 is 2.84 bits per heavy atom. The van der Waals surface area contributed by atoms with Gasteiger partial charge in [0.15, 0.2) is 0 Å². The molecule has 2 unspecified atom stereocenters. The number of carbonyl (C=O) groups is 1. The molecule has 1 aliphatic rings. The maximum atomic E-state index is 11.7. The van der Waals surface area contributed by atoms with E-state index in [9.17, 15) is 9.90 Å². The van der Waals surface area contributed by atoms with Crippen molar-refractivity contribution in [3.63, 3.8) is 0 Å². The van der Waals surface area contributed by atoms with Gasteiger partial charge in [-0.3, -0.25) is 5.32 Å². The summed E-state index contributed by atoms with van der Waals surface area (Å²) in [6.45, 7) is 4.99. The van der Waals surface area contributed by atoms with Crippen molar-refractivity contribution in [2.45, 2.75) is 38.3 Å². The fourth-order valence-corrected chi connectivity index (χ4v) is 2.54. The van der Waals surface area contributed by atoms with Crippen molar-refractivity contribution in [2.24, 2.45) is 0 Å². The van der Waals surface area contributed by atoms with Crippen LogP contribution in [0.2, 0.25) is 0 Å². The molecule has 104 valence electrons. The maximum absolute atomic E-state index is 11.7. The fourth-order valence-electron chi connectivity index (χ4n) is 2.54. The van der Waals surface area contributed by atoms with E-state index >= 15 is 0 Å². The van der Waals surface area contributed by atoms with Gasteiger partial charge in [-0.2, -0.15) is 0 Å². The Morgan fingerprint density at radius 2 is 2.26 bits per heavy atom. The van der Waals surface area contributed by atoms with Gasteiger partial charge in [0.2, 0.25) is 0 Å². The first-order valence-electron chi connectivity index (χ1n) is 6.70. The molecule has 0 radical (unpaired) electrons. The minimum atomic E-state index is -1.07. The van der Waals surface area contributed by atoms with Crippen LogP contribution >= 0.6 is 0 Å². The minimum Gasteiger partial charge on any atom is -0.480 e. The van der Waals surface area contributed by atoms with E-state index < -0.39 is 11.5 Å². The second kappa shape index (κ2) is 5.72. The van der Waals surface area contributed by atoms with Gasteiger partial charge in [0.1, 0.15) is 5.54 Å². The molecule has 2 rings (SSSR count). The fraction of sp³-hybridized carbons (Fsp3) is 0.533. The van der Waals surface area contributed by atoms with Crippen LogP contribution in [0.4, 0.5) is 0 Å². The van der Waals surface area contributed by atoms with Gasteiger partial charge < -0.3 is 9.84 Å². The number of carboxylic acids is 1. The van der Waals surface area contributed by atoms with Gasteiger partial charge in [0.25, 0.3) is 0 Å². The predicted molar refractivity (Wildman–Crippen MR) is 73.1 cm³/mol. The largest absolute Gasteiger partial charge is 0.480 e. The Bertz CT molecular complexity index is 454. The molecule has 1 fully saturated rings. The minimum absolute atomic E-state index is 0.127. The summed E-state index contributed by atoms with van der Waals surface area (Å²) in [7, 11) is 0. The molecule has 1 aliphatic heterocycles. The Balaban J connectivity index is 2.17. The number of hydrogen-bond acceptors (Lipinski definition) is 3. The highest BCUT2D eigenvalue weighted by molar-refractivity contribution is 5.80. The summed E-state index contributed by atoms with van der Waals surface area (Å²) < 4.78 is 5.54. The van der Waals surface area contributed by atoms with Gasteiger partial charge in [-0.25, -0.2) is 4.79 Å². The zero-order chi connectivity index (χ0) is 13.9. The average molecular weight is 263 g/mol. The van der Waals surface area contributed by atoms with Crippen LogP contribution in [0.15, 0.2) is 24.3 Å². The van der Waals surface area contributed by atoms with Crippen molar-refractivity contribution in [1.29, 1.82) is 0 Å². The summed E-state index contributed by atoms with van der Waals surface area (Å²) in [6, 6.07) is 7.59. The summed E-state index contributed by atoms with van der Waals surface area (Å²) in [4.78, 5) is 11.7. The Hall–Kier alpha value is -1.39. The molecule has 0 bridgehead atoms. The Morgan fingerprint density at radius 1 is 1.53 bits per heavy atom. The van der Waals surface area contributed by atoms with Crippen LogP contribution in [-0.2, 0) is 15.1 Å². The van der Waals surface area contributed by atoms with Crippen molar-refractivity contribution < 1.29 is 14.6 Å². The molecule has 0 aliphatic carbocycles. The van der Waals surface area contributed by atoms with Crippen LogP contribution < -0.4 is 5.32 Å². The quantitative estimate of drug-likeness (QED) is 0.853. The number of aryl methyl sites for hydroxylation is 1. The molecule has 1 aromatic rings. The third-order valence-corrected chi connectivity index (χ3v) is 3.82.